The van der Waals surface area contributed by atoms with Gasteiger partial charge in [0, 0.05) is 19.7 Å². The molecule has 0 aromatic rings. The highest BCUT2D eigenvalue weighted by Crippen LogP contribution is 2.24. The summed E-state index contributed by atoms with van der Waals surface area (Å²) in [5.41, 5.74) is 5.24. The Kier molecular flexibility index (Phi) is 5.18. The molecule has 1 fully saturated rings. The highest BCUT2D eigenvalue weighted by molar-refractivity contribution is 5.80. The predicted octanol–water partition coefficient (Wildman–Crippen LogP) is 0.0355. The van der Waals surface area contributed by atoms with Crippen molar-refractivity contribution in [1.29, 1.82) is 0 Å². The first kappa shape index (κ1) is 13.4. The number of likely N-dealkylation sites (N-methyl/N-ethyl adjacent to an activating group) is 1. The highest BCUT2D eigenvalue weighted by Gasteiger charge is 2.35. The maximum absolute atomic E-state index is 11.6. The van der Waals surface area contributed by atoms with Gasteiger partial charge in [-0.2, -0.15) is 0 Å². The van der Waals surface area contributed by atoms with E-state index in [1.165, 1.54) is 0 Å². The molecule has 1 amide bonds. The lowest BCUT2D eigenvalue weighted by Crippen LogP contribution is -2.52. The Morgan fingerprint density at radius 3 is 2.94 bits per heavy atom. The molecular formula is C11H22N2O3. The van der Waals surface area contributed by atoms with Gasteiger partial charge in [0.1, 0.15) is 11.7 Å². The zero-order valence-electron chi connectivity index (χ0n) is 10.1. The van der Waals surface area contributed by atoms with E-state index in [1.807, 2.05) is 6.92 Å². The van der Waals surface area contributed by atoms with Gasteiger partial charge in [0.25, 0.3) is 0 Å². The lowest BCUT2D eigenvalue weighted by molar-refractivity contribution is -0.165. The zero-order chi connectivity index (χ0) is 12.0. The molecule has 0 spiro atoms. The van der Waals surface area contributed by atoms with Crippen molar-refractivity contribution in [2.75, 3.05) is 26.3 Å². The van der Waals surface area contributed by atoms with Crippen molar-refractivity contribution in [2.24, 2.45) is 5.73 Å². The van der Waals surface area contributed by atoms with Crippen molar-refractivity contribution >= 4 is 5.91 Å². The van der Waals surface area contributed by atoms with Gasteiger partial charge < -0.3 is 20.5 Å². The molecule has 0 radical (unpaired) electrons. The fraction of sp³-hybridized carbons (Fsp3) is 0.909. The summed E-state index contributed by atoms with van der Waals surface area (Å²) < 4.78 is 11.2. The third-order valence-electron chi connectivity index (χ3n) is 2.81. The Hall–Kier alpha value is -0.650. The lowest BCUT2D eigenvalue weighted by atomic mass is 9.96. The Balaban J connectivity index is 2.51. The predicted molar refractivity (Wildman–Crippen MR) is 61.1 cm³/mol. The van der Waals surface area contributed by atoms with Crippen LogP contribution in [0.2, 0.25) is 0 Å². The van der Waals surface area contributed by atoms with Crippen LogP contribution >= 0.6 is 0 Å². The van der Waals surface area contributed by atoms with E-state index in [-0.39, 0.29) is 5.91 Å². The van der Waals surface area contributed by atoms with Gasteiger partial charge in [-0.15, -0.1) is 0 Å². The average molecular weight is 230 g/mol. The second kappa shape index (κ2) is 6.18. The largest absolute Gasteiger partial charge is 0.378 e. The zero-order valence-corrected chi connectivity index (χ0v) is 10.1. The van der Waals surface area contributed by atoms with Crippen LogP contribution in [0, 0.1) is 0 Å². The number of ether oxygens (including phenoxy) is 2. The Bertz CT molecular complexity index is 227. The van der Waals surface area contributed by atoms with Crippen LogP contribution in [-0.2, 0) is 14.3 Å². The minimum absolute atomic E-state index is 0.0964. The summed E-state index contributed by atoms with van der Waals surface area (Å²) >= 11 is 0. The van der Waals surface area contributed by atoms with E-state index in [4.69, 9.17) is 15.2 Å². The van der Waals surface area contributed by atoms with Crippen molar-refractivity contribution in [3.05, 3.63) is 0 Å². The minimum Gasteiger partial charge on any atom is -0.378 e. The number of nitrogens with two attached hydrogens (primary N) is 1. The van der Waals surface area contributed by atoms with Crippen molar-refractivity contribution in [3.63, 3.8) is 0 Å². The monoisotopic (exact) mass is 230 g/mol. The summed E-state index contributed by atoms with van der Waals surface area (Å²) in [6, 6.07) is 0. The van der Waals surface area contributed by atoms with Crippen LogP contribution in [-0.4, -0.2) is 43.9 Å². The van der Waals surface area contributed by atoms with Gasteiger partial charge in [-0.3, -0.25) is 4.79 Å². The molecule has 94 valence electrons. The number of nitrogens with one attached hydrogen (secondary N) is 1. The maximum atomic E-state index is 11.6. The average Bonchev–Trinajstić information content (AvgIpc) is 2.30. The third-order valence-corrected chi connectivity index (χ3v) is 2.81. The molecule has 1 saturated heterocycles. The van der Waals surface area contributed by atoms with E-state index in [2.05, 4.69) is 5.32 Å². The quantitative estimate of drug-likeness (QED) is 0.699. The highest BCUT2D eigenvalue weighted by atomic mass is 16.6. The van der Waals surface area contributed by atoms with E-state index in [0.29, 0.717) is 19.7 Å². The molecule has 1 rings (SSSR count). The van der Waals surface area contributed by atoms with Crippen LogP contribution in [0.3, 0.4) is 0 Å². The van der Waals surface area contributed by atoms with Crippen LogP contribution in [0.25, 0.3) is 0 Å². The molecule has 2 atom stereocenters. The molecule has 0 aromatic carbocycles. The molecule has 16 heavy (non-hydrogen) atoms. The molecular weight excluding hydrogens is 208 g/mol. The fourth-order valence-electron chi connectivity index (χ4n) is 1.88. The summed E-state index contributed by atoms with van der Waals surface area (Å²) in [6.07, 6.45) is 1.30. The van der Waals surface area contributed by atoms with Gasteiger partial charge >= 0.3 is 0 Å². The van der Waals surface area contributed by atoms with Gasteiger partial charge in [0.05, 0.1) is 6.61 Å². The lowest BCUT2D eigenvalue weighted by Gasteiger charge is -2.37. The van der Waals surface area contributed by atoms with Crippen molar-refractivity contribution in [1.82, 2.24) is 5.32 Å². The number of hydrogen-bond donors (Lipinski definition) is 2. The normalized spacial score (nSPS) is 27.4. The number of rotatable bonds is 5. The summed E-state index contributed by atoms with van der Waals surface area (Å²) in [4.78, 5) is 11.6. The molecule has 0 aromatic heterocycles. The molecule has 0 bridgehead atoms. The Morgan fingerprint density at radius 2 is 2.44 bits per heavy atom. The van der Waals surface area contributed by atoms with Crippen LogP contribution in [0.5, 0.6) is 0 Å². The molecule has 0 saturated carbocycles. The molecule has 5 nitrogen and oxygen atoms in total. The van der Waals surface area contributed by atoms with Crippen molar-refractivity contribution < 1.29 is 14.3 Å². The van der Waals surface area contributed by atoms with Crippen molar-refractivity contribution in [2.45, 2.75) is 38.4 Å². The van der Waals surface area contributed by atoms with E-state index in [1.54, 1.807) is 6.92 Å². The summed E-state index contributed by atoms with van der Waals surface area (Å²) in [7, 11) is 0. The van der Waals surface area contributed by atoms with E-state index >= 15 is 0 Å². The second-order valence-corrected chi connectivity index (χ2v) is 4.20. The number of carbonyl (C=O) groups excluding carboxylic acids is 1. The Labute approximate surface area is 96.7 Å². The van der Waals surface area contributed by atoms with Crippen molar-refractivity contribution in [3.8, 4) is 0 Å². The van der Waals surface area contributed by atoms with Gasteiger partial charge in [-0.05, 0) is 26.7 Å². The number of amides is 1. The first-order valence-corrected chi connectivity index (χ1v) is 5.87. The summed E-state index contributed by atoms with van der Waals surface area (Å²) in [6.45, 7) is 5.85. The second-order valence-electron chi connectivity index (χ2n) is 4.20. The SMILES string of the molecule is CCNC(=O)C(C)OC1(CN)CCCOC1. The first-order valence-electron chi connectivity index (χ1n) is 5.87. The van der Waals surface area contributed by atoms with Crippen LogP contribution in [0.4, 0.5) is 0 Å². The number of hydrogen-bond acceptors (Lipinski definition) is 4. The van der Waals surface area contributed by atoms with Crippen LogP contribution < -0.4 is 11.1 Å². The van der Waals surface area contributed by atoms with Gasteiger partial charge in [0.2, 0.25) is 5.91 Å². The van der Waals surface area contributed by atoms with E-state index in [9.17, 15) is 4.79 Å². The van der Waals surface area contributed by atoms with E-state index in [0.717, 1.165) is 19.4 Å². The van der Waals surface area contributed by atoms with Gasteiger partial charge in [-0.25, -0.2) is 0 Å². The molecule has 5 heteroatoms. The van der Waals surface area contributed by atoms with Crippen LogP contribution in [0.1, 0.15) is 26.7 Å². The Morgan fingerprint density at radius 1 is 1.69 bits per heavy atom. The van der Waals surface area contributed by atoms with E-state index < -0.39 is 11.7 Å². The minimum atomic E-state index is -0.483. The smallest absolute Gasteiger partial charge is 0.248 e. The molecule has 2 unspecified atom stereocenters. The first-order chi connectivity index (χ1) is 7.63. The molecule has 1 aliphatic rings. The molecule has 3 N–H and O–H groups in total. The topological polar surface area (TPSA) is 73.6 Å². The fourth-order valence-corrected chi connectivity index (χ4v) is 1.88. The standard InChI is InChI=1S/C11H22N2O3/c1-3-13-10(14)9(2)16-11(7-12)5-4-6-15-8-11/h9H,3-8,12H2,1-2H3,(H,13,14). The third kappa shape index (κ3) is 3.43. The molecule has 1 aliphatic heterocycles. The summed E-state index contributed by atoms with van der Waals surface area (Å²) in [5, 5.41) is 2.73. The van der Waals surface area contributed by atoms with Gasteiger partial charge in [0.15, 0.2) is 0 Å². The van der Waals surface area contributed by atoms with Crippen LogP contribution in [0.15, 0.2) is 0 Å². The molecule has 0 aliphatic carbocycles. The maximum Gasteiger partial charge on any atom is 0.248 e. The molecule has 1 heterocycles. The van der Waals surface area contributed by atoms with Gasteiger partial charge in [-0.1, -0.05) is 0 Å². The summed E-state index contributed by atoms with van der Waals surface area (Å²) in [5.74, 6) is -0.0964. The number of carbonyl (C=O) groups is 1.